The van der Waals surface area contributed by atoms with Gasteiger partial charge in [0.15, 0.2) is 6.61 Å². The zero-order valence-corrected chi connectivity index (χ0v) is 15.6. The number of ether oxygens (including phenoxy) is 1. The van der Waals surface area contributed by atoms with Gasteiger partial charge in [0, 0.05) is 0 Å². The van der Waals surface area contributed by atoms with Gasteiger partial charge >= 0.3 is 0 Å². The molecule has 0 unspecified atom stereocenters. The Morgan fingerprint density at radius 3 is 2.18 bits per heavy atom. The molecular formula is C23H22N2O3. The van der Waals surface area contributed by atoms with Crippen LogP contribution in [0, 0.1) is 0 Å². The van der Waals surface area contributed by atoms with Crippen molar-refractivity contribution < 1.29 is 14.3 Å². The van der Waals surface area contributed by atoms with Gasteiger partial charge in [-0.2, -0.15) is 0 Å². The van der Waals surface area contributed by atoms with Crippen molar-refractivity contribution in [3.8, 4) is 16.9 Å². The molecule has 28 heavy (non-hydrogen) atoms. The number of para-hydroxylation sites is 1. The minimum atomic E-state index is -0.595. The first-order valence-electron chi connectivity index (χ1n) is 9.01. The third-order valence-electron chi connectivity index (χ3n) is 4.41. The van der Waals surface area contributed by atoms with Crippen molar-refractivity contribution in [2.75, 3.05) is 6.61 Å². The minimum Gasteiger partial charge on any atom is -0.483 e. The van der Waals surface area contributed by atoms with Gasteiger partial charge in [-0.15, -0.1) is 0 Å². The molecule has 3 aromatic rings. The average Bonchev–Trinajstić information content (AvgIpc) is 2.73. The van der Waals surface area contributed by atoms with Crippen LogP contribution in [0.1, 0.15) is 28.9 Å². The van der Waals surface area contributed by atoms with Crippen LogP contribution in [0.4, 0.5) is 0 Å². The van der Waals surface area contributed by atoms with Gasteiger partial charge in [0.05, 0.1) is 11.6 Å². The monoisotopic (exact) mass is 374 g/mol. The Hall–Kier alpha value is -3.60. The Balaban J connectivity index is 1.58. The van der Waals surface area contributed by atoms with Crippen molar-refractivity contribution in [1.82, 2.24) is 5.32 Å². The molecule has 0 aliphatic heterocycles. The highest BCUT2D eigenvalue weighted by molar-refractivity contribution is 5.95. The molecule has 0 aliphatic rings. The second-order valence-electron chi connectivity index (χ2n) is 6.43. The summed E-state index contributed by atoms with van der Waals surface area (Å²) >= 11 is 0. The van der Waals surface area contributed by atoms with Crippen molar-refractivity contribution in [3.05, 3.63) is 90.0 Å². The molecule has 1 atom stereocenters. The van der Waals surface area contributed by atoms with Crippen LogP contribution in [0.3, 0.4) is 0 Å². The molecule has 0 heterocycles. The van der Waals surface area contributed by atoms with E-state index < -0.39 is 5.91 Å². The summed E-state index contributed by atoms with van der Waals surface area (Å²) in [5.41, 5.74) is 8.82. The number of hydrogen-bond acceptors (Lipinski definition) is 3. The first-order chi connectivity index (χ1) is 13.5. The van der Waals surface area contributed by atoms with Crippen LogP contribution >= 0.6 is 0 Å². The van der Waals surface area contributed by atoms with Gasteiger partial charge in [-0.05, 0) is 35.7 Å². The highest BCUT2D eigenvalue weighted by Crippen LogP contribution is 2.22. The largest absolute Gasteiger partial charge is 0.483 e. The molecule has 3 N–H and O–H groups in total. The number of rotatable bonds is 7. The normalized spacial score (nSPS) is 11.5. The standard InChI is InChI=1S/C23H22N2O3/c1-16(17-11-13-19(14-12-17)18-7-3-2-4-8-18)25-22(26)15-28-21-10-6-5-9-20(21)23(24)27/h2-14,16H,15H2,1H3,(H2,24,27)(H,25,26)/t16-/m0/s1. The fourth-order valence-corrected chi connectivity index (χ4v) is 2.90. The van der Waals surface area contributed by atoms with Crippen LogP contribution in [-0.2, 0) is 4.79 Å². The maximum atomic E-state index is 12.2. The molecule has 0 spiro atoms. The summed E-state index contributed by atoms with van der Waals surface area (Å²) in [6, 6.07) is 24.6. The zero-order valence-electron chi connectivity index (χ0n) is 15.6. The number of carbonyl (C=O) groups is 2. The lowest BCUT2D eigenvalue weighted by Gasteiger charge is -2.16. The molecule has 0 saturated carbocycles. The van der Waals surface area contributed by atoms with Gasteiger partial charge in [-0.3, -0.25) is 9.59 Å². The van der Waals surface area contributed by atoms with E-state index in [1.165, 1.54) is 0 Å². The molecule has 3 aromatic carbocycles. The van der Waals surface area contributed by atoms with Crippen molar-refractivity contribution in [1.29, 1.82) is 0 Å². The number of nitrogens with one attached hydrogen (secondary N) is 1. The average molecular weight is 374 g/mol. The van der Waals surface area contributed by atoms with Crippen LogP contribution in [-0.4, -0.2) is 18.4 Å². The second-order valence-corrected chi connectivity index (χ2v) is 6.43. The number of hydrogen-bond donors (Lipinski definition) is 2. The van der Waals surface area contributed by atoms with E-state index in [4.69, 9.17) is 10.5 Å². The number of primary amides is 1. The number of nitrogens with two attached hydrogens (primary N) is 1. The summed E-state index contributed by atoms with van der Waals surface area (Å²) in [4.78, 5) is 23.6. The Morgan fingerprint density at radius 1 is 0.893 bits per heavy atom. The van der Waals surface area contributed by atoms with E-state index in [0.717, 1.165) is 16.7 Å². The SMILES string of the molecule is C[C@H](NC(=O)COc1ccccc1C(N)=O)c1ccc(-c2ccccc2)cc1. The fourth-order valence-electron chi connectivity index (χ4n) is 2.90. The molecule has 0 radical (unpaired) electrons. The van der Waals surface area contributed by atoms with Gasteiger partial charge in [-0.1, -0.05) is 66.7 Å². The predicted molar refractivity (Wildman–Crippen MR) is 109 cm³/mol. The predicted octanol–water partition coefficient (Wildman–Crippen LogP) is 3.71. The molecule has 3 rings (SSSR count). The van der Waals surface area contributed by atoms with E-state index in [1.807, 2.05) is 49.4 Å². The molecule has 0 fully saturated rings. The number of amides is 2. The quantitative estimate of drug-likeness (QED) is 0.661. The summed E-state index contributed by atoms with van der Waals surface area (Å²) in [5, 5.41) is 2.89. The van der Waals surface area contributed by atoms with E-state index in [-0.39, 0.29) is 24.1 Å². The van der Waals surface area contributed by atoms with Crippen LogP contribution < -0.4 is 15.8 Å². The lowest BCUT2D eigenvalue weighted by atomic mass is 10.0. The molecule has 142 valence electrons. The third-order valence-corrected chi connectivity index (χ3v) is 4.41. The highest BCUT2D eigenvalue weighted by Gasteiger charge is 2.13. The summed E-state index contributed by atoms with van der Waals surface area (Å²) < 4.78 is 5.46. The maximum Gasteiger partial charge on any atom is 0.258 e. The van der Waals surface area contributed by atoms with Gasteiger partial charge in [-0.25, -0.2) is 0 Å². The summed E-state index contributed by atoms with van der Waals surface area (Å²) in [6.45, 7) is 1.71. The van der Waals surface area contributed by atoms with Gasteiger partial charge < -0.3 is 15.8 Å². The van der Waals surface area contributed by atoms with Crippen molar-refractivity contribution >= 4 is 11.8 Å². The van der Waals surface area contributed by atoms with Gasteiger partial charge in [0.1, 0.15) is 5.75 Å². The topological polar surface area (TPSA) is 81.4 Å². The lowest BCUT2D eigenvalue weighted by Crippen LogP contribution is -2.31. The second kappa shape index (κ2) is 8.86. The van der Waals surface area contributed by atoms with E-state index in [9.17, 15) is 9.59 Å². The van der Waals surface area contributed by atoms with Crippen molar-refractivity contribution in [3.63, 3.8) is 0 Å². The lowest BCUT2D eigenvalue weighted by molar-refractivity contribution is -0.123. The van der Waals surface area contributed by atoms with E-state index in [0.29, 0.717) is 5.75 Å². The Labute approximate surface area is 164 Å². The molecule has 0 saturated heterocycles. The van der Waals surface area contributed by atoms with Gasteiger partial charge in [0.25, 0.3) is 11.8 Å². The number of benzene rings is 3. The summed E-state index contributed by atoms with van der Waals surface area (Å²) in [7, 11) is 0. The molecule has 5 nitrogen and oxygen atoms in total. The highest BCUT2D eigenvalue weighted by atomic mass is 16.5. The maximum absolute atomic E-state index is 12.2. The Kier molecular flexibility index (Phi) is 6.07. The number of carbonyl (C=O) groups excluding carboxylic acids is 2. The molecule has 0 aromatic heterocycles. The van der Waals surface area contributed by atoms with E-state index in [2.05, 4.69) is 17.4 Å². The first-order valence-corrected chi connectivity index (χ1v) is 9.01. The minimum absolute atomic E-state index is 0.174. The Morgan fingerprint density at radius 2 is 1.50 bits per heavy atom. The van der Waals surface area contributed by atoms with Crippen LogP contribution in [0.2, 0.25) is 0 Å². The third kappa shape index (κ3) is 4.76. The molecule has 5 heteroatoms. The zero-order chi connectivity index (χ0) is 19.9. The fraction of sp³-hybridized carbons (Fsp3) is 0.130. The van der Waals surface area contributed by atoms with Crippen molar-refractivity contribution in [2.45, 2.75) is 13.0 Å². The smallest absolute Gasteiger partial charge is 0.258 e. The molecule has 0 aliphatic carbocycles. The molecule has 0 bridgehead atoms. The summed E-state index contributed by atoms with van der Waals surface area (Å²) in [6.07, 6.45) is 0. The van der Waals surface area contributed by atoms with Gasteiger partial charge in [0.2, 0.25) is 0 Å². The molecule has 2 amide bonds. The first kappa shape index (κ1) is 19.2. The van der Waals surface area contributed by atoms with Crippen LogP contribution in [0.5, 0.6) is 5.75 Å². The summed E-state index contributed by atoms with van der Waals surface area (Å²) in [5.74, 6) is -0.577. The Bertz CT molecular complexity index is 953. The van der Waals surface area contributed by atoms with Crippen LogP contribution in [0.25, 0.3) is 11.1 Å². The molecular weight excluding hydrogens is 352 g/mol. The van der Waals surface area contributed by atoms with Crippen molar-refractivity contribution in [2.24, 2.45) is 5.73 Å². The van der Waals surface area contributed by atoms with Crippen LogP contribution in [0.15, 0.2) is 78.9 Å². The van der Waals surface area contributed by atoms with E-state index >= 15 is 0 Å². The van der Waals surface area contributed by atoms with E-state index in [1.54, 1.807) is 24.3 Å².